The predicted molar refractivity (Wildman–Crippen MR) is 123 cm³/mol. The highest BCUT2D eigenvalue weighted by atomic mass is 35.5. The molecule has 1 amide bonds. The Morgan fingerprint density at radius 1 is 0.912 bits per heavy atom. The van der Waals surface area contributed by atoms with Crippen molar-refractivity contribution in [3.05, 3.63) is 87.9 Å². The molecule has 0 bridgehead atoms. The van der Waals surface area contributed by atoms with Crippen molar-refractivity contribution in [2.75, 3.05) is 18.7 Å². The Hall–Kier alpha value is -4.17. The molecule has 0 unspecified atom stereocenters. The van der Waals surface area contributed by atoms with Crippen LogP contribution in [0.3, 0.4) is 0 Å². The molecular formula is C25H18ClNO7. The second-order valence-corrected chi connectivity index (χ2v) is 7.75. The summed E-state index contributed by atoms with van der Waals surface area (Å²) >= 11 is 5.87. The highest BCUT2D eigenvalue weighted by Gasteiger charge is 2.22. The molecule has 1 heterocycles. The number of carbonyl (C=O) groups is 4. The molecule has 4 rings (SSSR count). The number of ether oxygens (including phenoxy) is 3. The highest BCUT2D eigenvalue weighted by Crippen LogP contribution is 2.37. The molecule has 34 heavy (non-hydrogen) atoms. The number of Topliss-reactive ketones (excluding diaryl/α,β-unsaturated/α-hetero) is 1. The van der Waals surface area contributed by atoms with Crippen LogP contribution in [0, 0.1) is 0 Å². The lowest BCUT2D eigenvalue weighted by Crippen LogP contribution is -2.23. The van der Waals surface area contributed by atoms with Gasteiger partial charge in [0.1, 0.15) is 0 Å². The van der Waals surface area contributed by atoms with Gasteiger partial charge in [0.05, 0.1) is 11.3 Å². The number of ketones is 2. The summed E-state index contributed by atoms with van der Waals surface area (Å²) in [6, 6.07) is 15.3. The molecule has 8 nitrogen and oxygen atoms in total. The van der Waals surface area contributed by atoms with Gasteiger partial charge < -0.3 is 19.5 Å². The number of nitrogens with one attached hydrogen (secondary N) is 1. The summed E-state index contributed by atoms with van der Waals surface area (Å²) in [6.45, 7) is 0.728. The smallest absolute Gasteiger partial charge is 0.339 e. The Morgan fingerprint density at radius 3 is 2.24 bits per heavy atom. The molecule has 172 valence electrons. The van der Waals surface area contributed by atoms with Gasteiger partial charge in [-0.2, -0.15) is 0 Å². The summed E-state index contributed by atoms with van der Waals surface area (Å²) < 4.78 is 15.7. The Labute approximate surface area is 199 Å². The van der Waals surface area contributed by atoms with Gasteiger partial charge in [0.15, 0.2) is 29.7 Å². The van der Waals surface area contributed by atoms with Crippen molar-refractivity contribution in [1.29, 1.82) is 0 Å². The van der Waals surface area contributed by atoms with Crippen molar-refractivity contribution in [3.8, 4) is 11.5 Å². The zero-order valence-corrected chi connectivity index (χ0v) is 18.7. The number of esters is 1. The van der Waals surface area contributed by atoms with E-state index in [2.05, 4.69) is 5.32 Å². The van der Waals surface area contributed by atoms with Gasteiger partial charge in [-0.3, -0.25) is 14.4 Å². The minimum atomic E-state index is -0.842. The van der Waals surface area contributed by atoms with Crippen LogP contribution in [0.15, 0.2) is 60.7 Å². The second-order valence-electron chi connectivity index (χ2n) is 7.31. The maximum absolute atomic E-state index is 12.9. The van der Waals surface area contributed by atoms with Crippen LogP contribution in [-0.4, -0.2) is 36.8 Å². The average Bonchev–Trinajstić information content (AvgIpc) is 3.29. The average molecular weight is 480 g/mol. The van der Waals surface area contributed by atoms with Crippen LogP contribution in [0.25, 0.3) is 0 Å². The molecule has 1 aliphatic heterocycles. The first kappa shape index (κ1) is 23.0. The van der Waals surface area contributed by atoms with Crippen LogP contribution in [-0.2, 0) is 9.53 Å². The van der Waals surface area contributed by atoms with Crippen molar-refractivity contribution in [3.63, 3.8) is 0 Å². The molecule has 0 saturated heterocycles. The molecule has 1 aliphatic rings. The fourth-order valence-corrected chi connectivity index (χ4v) is 3.47. The molecule has 0 aliphatic carbocycles. The predicted octanol–water partition coefficient (Wildman–Crippen LogP) is 4.30. The van der Waals surface area contributed by atoms with Gasteiger partial charge in [0.2, 0.25) is 6.79 Å². The summed E-state index contributed by atoms with van der Waals surface area (Å²) in [7, 11) is 0. The summed E-state index contributed by atoms with van der Waals surface area (Å²) in [5.74, 6) is -1.41. The molecule has 3 aromatic carbocycles. The van der Waals surface area contributed by atoms with Crippen LogP contribution >= 0.6 is 11.6 Å². The largest absolute Gasteiger partial charge is 0.454 e. The van der Waals surface area contributed by atoms with E-state index in [1.807, 2.05) is 0 Å². The van der Waals surface area contributed by atoms with E-state index >= 15 is 0 Å². The molecule has 3 aromatic rings. The number of benzene rings is 3. The topological polar surface area (TPSA) is 108 Å². The first-order chi connectivity index (χ1) is 16.3. The highest BCUT2D eigenvalue weighted by molar-refractivity contribution is 6.30. The van der Waals surface area contributed by atoms with E-state index < -0.39 is 18.5 Å². The molecular weight excluding hydrogens is 462 g/mol. The number of carbonyl (C=O) groups excluding carboxylic acids is 4. The SMILES string of the molecule is CC(=O)c1cc2c(cc1NC(=O)COC(=O)c1ccccc1C(=O)c1ccc(Cl)cc1)OCO2. The molecule has 0 aromatic heterocycles. The van der Waals surface area contributed by atoms with Crippen LogP contribution in [0.1, 0.15) is 43.6 Å². The number of anilines is 1. The van der Waals surface area contributed by atoms with E-state index in [0.717, 1.165) is 0 Å². The standard InChI is InChI=1S/C25H18ClNO7/c1-14(28)19-10-21-22(34-13-33-21)11-20(19)27-23(29)12-32-25(31)18-5-3-2-4-17(18)24(30)15-6-8-16(26)9-7-15/h2-11H,12-13H2,1H3,(H,27,29). The normalized spacial score (nSPS) is 11.6. The van der Waals surface area contributed by atoms with Gasteiger partial charge in [0.25, 0.3) is 5.91 Å². The summed E-state index contributed by atoms with van der Waals surface area (Å²) in [5, 5.41) is 3.02. The van der Waals surface area contributed by atoms with Gasteiger partial charge in [-0.1, -0.05) is 29.8 Å². The minimum Gasteiger partial charge on any atom is -0.454 e. The first-order valence-corrected chi connectivity index (χ1v) is 10.5. The Bertz CT molecular complexity index is 1300. The van der Waals surface area contributed by atoms with Crippen LogP contribution in [0.5, 0.6) is 11.5 Å². The molecule has 0 fully saturated rings. The molecule has 1 N–H and O–H groups in total. The van der Waals surface area contributed by atoms with E-state index in [4.69, 9.17) is 25.8 Å². The first-order valence-electron chi connectivity index (χ1n) is 10.1. The van der Waals surface area contributed by atoms with E-state index in [0.29, 0.717) is 22.1 Å². The van der Waals surface area contributed by atoms with Crippen LogP contribution in [0.2, 0.25) is 5.02 Å². The minimum absolute atomic E-state index is 0.00976. The van der Waals surface area contributed by atoms with Gasteiger partial charge in [-0.05, 0) is 43.3 Å². The number of fused-ring (bicyclic) bond motifs is 1. The van der Waals surface area contributed by atoms with E-state index in [-0.39, 0.29) is 40.7 Å². The molecule has 0 radical (unpaired) electrons. The lowest BCUT2D eigenvalue weighted by atomic mass is 9.98. The van der Waals surface area contributed by atoms with E-state index in [1.54, 1.807) is 36.4 Å². The number of amides is 1. The van der Waals surface area contributed by atoms with Crippen molar-refractivity contribution in [2.45, 2.75) is 6.92 Å². The zero-order chi connectivity index (χ0) is 24.2. The van der Waals surface area contributed by atoms with Crippen molar-refractivity contribution >= 4 is 40.7 Å². The molecule has 9 heteroatoms. The van der Waals surface area contributed by atoms with Crippen molar-refractivity contribution in [2.24, 2.45) is 0 Å². The zero-order valence-electron chi connectivity index (χ0n) is 17.9. The monoisotopic (exact) mass is 479 g/mol. The van der Waals surface area contributed by atoms with Crippen molar-refractivity contribution in [1.82, 2.24) is 0 Å². The van der Waals surface area contributed by atoms with Gasteiger partial charge in [-0.25, -0.2) is 4.79 Å². The fraction of sp³-hybridized carbons (Fsp3) is 0.120. The molecule has 0 atom stereocenters. The number of rotatable bonds is 7. The number of hydrogen-bond acceptors (Lipinski definition) is 7. The number of hydrogen-bond donors (Lipinski definition) is 1. The lowest BCUT2D eigenvalue weighted by Gasteiger charge is -2.12. The Morgan fingerprint density at radius 2 is 1.56 bits per heavy atom. The van der Waals surface area contributed by atoms with Crippen molar-refractivity contribution < 1.29 is 33.4 Å². The maximum Gasteiger partial charge on any atom is 0.339 e. The second kappa shape index (κ2) is 9.76. The Balaban J connectivity index is 1.46. The third-order valence-corrected chi connectivity index (χ3v) is 5.25. The quantitative estimate of drug-likeness (QED) is 0.397. The van der Waals surface area contributed by atoms with E-state index in [1.165, 1.54) is 31.2 Å². The van der Waals surface area contributed by atoms with E-state index in [9.17, 15) is 19.2 Å². The third kappa shape index (κ3) is 4.92. The lowest BCUT2D eigenvalue weighted by molar-refractivity contribution is -0.119. The summed E-state index contributed by atoms with van der Waals surface area (Å²) in [4.78, 5) is 50.0. The van der Waals surface area contributed by atoms with Gasteiger partial charge >= 0.3 is 5.97 Å². The third-order valence-electron chi connectivity index (χ3n) is 5.00. The van der Waals surface area contributed by atoms with Crippen LogP contribution < -0.4 is 14.8 Å². The van der Waals surface area contributed by atoms with Crippen LogP contribution in [0.4, 0.5) is 5.69 Å². The van der Waals surface area contributed by atoms with Gasteiger partial charge in [-0.15, -0.1) is 0 Å². The summed E-state index contributed by atoms with van der Waals surface area (Å²) in [5.41, 5.74) is 0.925. The fourth-order valence-electron chi connectivity index (χ4n) is 3.35. The maximum atomic E-state index is 12.9. The number of halogens is 1. The Kier molecular flexibility index (Phi) is 6.60. The summed E-state index contributed by atoms with van der Waals surface area (Å²) in [6.07, 6.45) is 0. The van der Waals surface area contributed by atoms with Gasteiger partial charge in [0, 0.05) is 27.8 Å². The molecule has 0 spiro atoms. The molecule has 0 saturated carbocycles.